The molecule has 4 nitrogen and oxygen atoms in total. The third-order valence-corrected chi connectivity index (χ3v) is 3.38. The first-order valence-electron chi connectivity index (χ1n) is 5.86. The summed E-state index contributed by atoms with van der Waals surface area (Å²) in [4.78, 5) is 0. The van der Waals surface area contributed by atoms with Crippen LogP contribution in [0.1, 0.15) is 37.3 Å². The van der Waals surface area contributed by atoms with Crippen LogP contribution in [-0.2, 0) is 24.1 Å². The largest absolute Gasteiger partial charge is 0.378 e. The zero-order valence-corrected chi connectivity index (χ0v) is 10.4. The summed E-state index contributed by atoms with van der Waals surface area (Å²) in [5.74, 6) is 2.26. The topological polar surface area (TPSA) is 39.9 Å². The number of nitrogens with zero attached hydrogens (tertiary/aromatic N) is 3. The van der Waals surface area contributed by atoms with E-state index < -0.39 is 0 Å². The number of rotatable bonds is 4. The van der Waals surface area contributed by atoms with Crippen molar-refractivity contribution in [1.82, 2.24) is 14.8 Å². The van der Waals surface area contributed by atoms with Crippen molar-refractivity contribution in [3.63, 3.8) is 0 Å². The van der Waals surface area contributed by atoms with Crippen molar-refractivity contribution in [2.24, 2.45) is 7.05 Å². The second kappa shape index (κ2) is 5.64. The summed E-state index contributed by atoms with van der Waals surface area (Å²) in [5, 5.41) is 8.18. The zero-order valence-electron chi connectivity index (χ0n) is 9.65. The van der Waals surface area contributed by atoms with Crippen LogP contribution in [0, 0.1) is 0 Å². The quantitative estimate of drug-likeness (QED) is 0.760. The number of aryl methyl sites for hydroxylation is 1. The van der Waals surface area contributed by atoms with E-state index in [1.165, 1.54) is 19.3 Å². The first-order valence-corrected chi connectivity index (χ1v) is 6.39. The fourth-order valence-corrected chi connectivity index (χ4v) is 2.29. The van der Waals surface area contributed by atoms with Gasteiger partial charge in [-0.2, -0.15) is 0 Å². The SMILES string of the molecule is Cn1c(CCl)nnc1CCC1CCCCO1. The van der Waals surface area contributed by atoms with Gasteiger partial charge in [-0.05, 0) is 25.7 Å². The molecule has 1 atom stereocenters. The Labute approximate surface area is 101 Å². The maximum absolute atomic E-state index is 5.75. The molecule has 0 spiro atoms. The van der Waals surface area contributed by atoms with Crippen LogP contribution in [0.4, 0.5) is 0 Å². The summed E-state index contributed by atoms with van der Waals surface area (Å²) in [7, 11) is 1.97. The number of alkyl halides is 1. The summed E-state index contributed by atoms with van der Waals surface area (Å²) in [6.07, 6.45) is 6.04. The van der Waals surface area contributed by atoms with Crippen LogP contribution in [0.5, 0.6) is 0 Å². The number of hydrogen-bond acceptors (Lipinski definition) is 3. The molecule has 0 amide bonds. The normalized spacial score (nSPS) is 21.2. The lowest BCUT2D eigenvalue weighted by Crippen LogP contribution is -2.20. The van der Waals surface area contributed by atoms with E-state index in [-0.39, 0.29) is 0 Å². The maximum Gasteiger partial charge on any atom is 0.147 e. The predicted octanol–water partition coefficient (Wildman–Crippen LogP) is 2.06. The van der Waals surface area contributed by atoms with Gasteiger partial charge in [-0.15, -0.1) is 21.8 Å². The molecule has 0 radical (unpaired) electrons. The minimum Gasteiger partial charge on any atom is -0.378 e. The summed E-state index contributed by atoms with van der Waals surface area (Å²) >= 11 is 5.75. The monoisotopic (exact) mass is 243 g/mol. The first kappa shape index (κ1) is 11.9. The molecule has 16 heavy (non-hydrogen) atoms. The average Bonchev–Trinajstić information content (AvgIpc) is 2.69. The molecular weight excluding hydrogens is 226 g/mol. The van der Waals surface area contributed by atoms with Crippen LogP contribution in [-0.4, -0.2) is 27.5 Å². The number of hydrogen-bond donors (Lipinski definition) is 0. The van der Waals surface area contributed by atoms with Crippen molar-refractivity contribution >= 4 is 11.6 Å². The Balaban J connectivity index is 1.86. The van der Waals surface area contributed by atoms with Crippen LogP contribution in [0.25, 0.3) is 0 Å². The Morgan fingerprint density at radius 1 is 1.38 bits per heavy atom. The Hall–Kier alpha value is -0.610. The van der Waals surface area contributed by atoms with E-state index >= 15 is 0 Å². The molecule has 1 aromatic heterocycles. The molecule has 1 unspecified atom stereocenters. The highest BCUT2D eigenvalue weighted by Gasteiger charge is 2.15. The van der Waals surface area contributed by atoms with Crippen LogP contribution < -0.4 is 0 Å². The van der Waals surface area contributed by atoms with Crippen LogP contribution in [0.2, 0.25) is 0 Å². The average molecular weight is 244 g/mol. The first-order chi connectivity index (χ1) is 7.81. The van der Waals surface area contributed by atoms with Crippen molar-refractivity contribution in [2.75, 3.05) is 6.61 Å². The molecule has 0 aliphatic carbocycles. The summed E-state index contributed by atoms with van der Waals surface area (Å²) in [6.45, 7) is 0.913. The molecule has 2 heterocycles. The summed E-state index contributed by atoms with van der Waals surface area (Å²) in [5.41, 5.74) is 0. The van der Waals surface area contributed by atoms with Gasteiger partial charge < -0.3 is 9.30 Å². The molecule has 0 aromatic carbocycles. The number of halogens is 1. The van der Waals surface area contributed by atoms with Gasteiger partial charge in [0.25, 0.3) is 0 Å². The molecule has 0 bridgehead atoms. The van der Waals surface area contributed by atoms with Crippen molar-refractivity contribution in [3.8, 4) is 0 Å². The van der Waals surface area contributed by atoms with Crippen molar-refractivity contribution in [3.05, 3.63) is 11.6 Å². The lowest BCUT2D eigenvalue weighted by Gasteiger charge is -2.22. The van der Waals surface area contributed by atoms with Gasteiger partial charge in [-0.25, -0.2) is 0 Å². The minimum absolute atomic E-state index is 0.407. The van der Waals surface area contributed by atoms with Gasteiger partial charge in [-0.3, -0.25) is 0 Å². The molecule has 0 saturated carbocycles. The van der Waals surface area contributed by atoms with Gasteiger partial charge in [0.1, 0.15) is 11.6 Å². The van der Waals surface area contributed by atoms with Gasteiger partial charge in [0.2, 0.25) is 0 Å². The molecule has 1 fully saturated rings. The third-order valence-electron chi connectivity index (χ3n) is 3.14. The van der Waals surface area contributed by atoms with Gasteiger partial charge in [-0.1, -0.05) is 0 Å². The fraction of sp³-hybridized carbons (Fsp3) is 0.818. The van der Waals surface area contributed by atoms with E-state index in [2.05, 4.69) is 10.2 Å². The zero-order chi connectivity index (χ0) is 11.4. The van der Waals surface area contributed by atoms with Crippen molar-refractivity contribution in [2.45, 2.75) is 44.1 Å². The van der Waals surface area contributed by atoms with Gasteiger partial charge in [0.05, 0.1) is 12.0 Å². The van der Waals surface area contributed by atoms with E-state index in [0.29, 0.717) is 12.0 Å². The smallest absolute Gasteiger partial charge is 0.147 e. The Morgan fingerprint density at radius 2 is 2.19 bits per heavy atom. The molecule has 2 rings (SSSR count). The van der Waals surface area contributed by atoms with E-state index in [9.17, 15) is 0 Å². The fourth-order valence-electron chi connectivity index (χ4n) is 2.06. The molecule has 1 aliphatic rings. The maximum atomic E-state index is 5.75. The third kappa shape index (κ3) is 2.74. The summed E-state index contributed by atoms with van der Waals surface area (Å²) in [6, 6.07) is 0. The molecule has 1 aromatic rings. The van der Waals surface area contributed by atoms with Gasteiger partial charge in [0, 0.05) is 20.1 Å². The highest BCUT2D eigenvalue weighted by Crippen LogP contribution is 2.17. The second-order valence-corrected chi connectivity index (χ2v) is 4.52. The lowest BCUT2D eigenvalue weighted by atomic mass is 10.0. The highest BCUT2D eigenvalue weighted by molar-refractivity contribution is 6.16. The highest BCUT2D eigenvalue weighted by atomic mass is 35.5. The van der Waals surface area contributed by atoms with Gasteiger partial charge >= 0.3 is 0 Å². The lowest BCUT2D eigenvalue weighted by molar-refractivity contribution is 0.0111. The molecular formula is C11H18ClN3O. The van der Waals surface area contributed by atoms with Crippen molar-refractivity contribution < 1.29 is 4.74 Å². The van der Waals surface area contributed by atoms with E-state index in [0.717, 1.165) is 31.1 Å². The van der Waals surface area contributed by atoms with E-state index in [1.807, 2.05) is 11.6 Å². The second-order valence-electron chi connectivity index (χ2n) is 4.25. The standard InChI is InChI=1S/C11H18ClN3O/c1-15-10(13-14-11(15)8-12)6-5-9-4-2-3-7-16-9/h9H,2-8H2,1H3. The van der Waals surface area contributed by atoms with Crippen LogP contribution in [0.15, 0.2) is 0 Å². The van der Waals surface area contributed by atoms with E-state index in [4.69, 9.17) is 16.3 Å². The van der Waals surface area contributed by atoms with Gasteiger partial charge in [0.15, 0.2) is 0 Å². The number of aromatic nitrogens is 3. The van der Waals surface area contributed by atoms with Crippen LogP contribution in [0.3, 0.4) is 0 Å². The summed E-state index contributed by atoms with van der Waals surface area (Å²) < 4.78 is 7.67. The predicted molar refractivity (Wildman–Crippen MR) is 62.5 cm³/mol. The number of ether oxygens (including phenoxy) is 1. The van der Waals surface area contributed by atoms with Crippen LogP contribution >= 0.6 is 11.6 Å². The Bertz CT molecular complexity index is 334. The molecule has 1 aliphatic heterocycles. The molecule has 0 N–H and O–H groups in total. The Kier molecular flexibility index (Phi) is 4.18. The molecule has 1 saturated heterocycles. The van der Waals surface area contributed by atoms with E-state index in [1.54, 1.807) is 0 Å². The molecule has 90 valence electrons. The molecule has 5 heteroatoms. The van der Waals surface area contributed by atoms with Crippen molar-refractivity contribution in [1.29, 1.82) is 0 Å². The Morgan fingerprint density at radius 3 is 2.81 bits per heavy atom. The minimum atomic E-state index is 0.407.